The lowest BCUT2D eigenvalue weighted by molar-refractivity contribution is -0.121. The highest BCUT2D eigenvalue weighted by Gasteiger charge is 2.49. The molecule has 2 N–H and O–H groups in total. The van der Waals surface area contributed by atoms with Crippen molar-refractivity contribution in [3.05, 3.63) is 23.3 Å². The number of nitrogens with two attached hydrogens (primary N) is 1. The standard InChI is InChI=1S/C14H17NO2.C5H6N2O/c1-16-13-3-2-11(10-5-8-17-9-6-10)14-12(13)4-7-15-14;6-3-5(1-2-5)4(7)8/h2-3,7,10H,4-6,8-9H2,1H3;1-2H2,(H2,7,8). The Balaban J connectivity index is 0.000000192. The Kier molecular flexibility index (Phi) is 5.05. The summed E-state index contributed by atoms with van der Waals surface area (Å²) in [6.45, 7) is 1.74. The van der Waals surface area contributed by atoms with Crippen LogP contribution < -0.4 is 10.5 Å². The second kappa shape index (κ2) is 7.24. The van der Waals surface area contributed by atoms with Gasteiger partial charge in [0.2, 0.25) is 5.91 Å². The largest absolute Gasteiger partial charge is 0.496 e. The third-order valence-corrected chi connectivity index (χ3v) is 5.10. The van der Waals surface area contributed by atoms with Crippen molar-refractivity contribution < 1.29 is 14.3 Å². The van der Waals surface area contributed by atoms with Crippen molar-refractivity contribution in [1.29, 1.82) is 5.26 Å². The van der Waals surface area contributed by atoms with Crippen molar-refractivity contribution >= 4 is 17.8 Å². The summed E-state index contributed by atoms with van der Waals surface area (Å²) in [5.74, 6) is 1.09. The van der Waals surface area contributed by atoms with Gasteiger partial charge in [0, 0.05) is 31.4 Å². The molecule has 0 bridgehead atoms. The lowest BCUT2D eigenvalue weighted by Crippen LogP contribution is -2.22. The van der Waals surface area contributed by atoms with E-state index < -0.39 is 11.3 Å². The van der Waals surface area contributed by atoms with Gasteiger partial charge >= 0.3 is 0 Å². The van der Waals surface area contributed by atoms with E-state index in [2.05, 4.69) is 17.1 Å². The third-order valence-electron chi connectivity index (χ3n) is 5.10. The van der Waals surface area contributed by atoms with Gasteiger partial charge in [0.1, 0.15) is 11.2 Å². The Morgan fingerprint density at radius 2 is 2.12 bits per heavy atom. The Bertz CT molecular complexity index is 726. The van der Waals surface area contributed by atoms with Crippen LogP contribution in [0.25, 0.3) is 0 Å². The molecule has 132 valence electrons. The summed E-state index contributed by atoms with van der Waals surface area (Å²) in [4.78, 5) is 14.9. The number of nitriles is 1. The first-order chi connectivity index (χ1) is 12.1. The summed E-state index contributed by atoms with van der Waals surface area (Å²) >= 11 is 0. The molecule has 2 aliphatic heterocycles. The average Bonchev–Trinajstić information content (AvgIpc) is 3.31. The van der Waals surface area contributed by atoms with Gasteiger partial charge in [0.05, 0.1) is 18.9 Å². The number of fused-ring (bicyclic) bond motifs is 1. The first kappa shape index (κ1) is 17.4. The zero-order valence-corrected chi connectivity index (χ0v) is 14.5. The van der Waals surface area contributed by atoms with Gasteiger partial charge in [-0.3, -0.25) is 9.79 Å². The van der Waals surface area contributed by atoms with Crippen LogP contribution in [0.4, 0.5) is 5.69 Å². The molecule has 1 aromatic carbocycles. The summed E-state index contributed by atoms with van der Waals surface area (Å²) in [7, 11) is 1.72. The van der Waals surface area contributed by atoms with E-state index in [9.17, 15) is 4.79 Å². The molecule has 4 rings (SSSR count). The number of hydrogen-bond acceptors (Lipinski definition) is 5. The molecule has 0 aromatic heterocycles. The predicted octanol–water partition coefficient (Wildman–Crippen LogP) is 2.62. The van der Waals surface area contributed by atoms with E-state index in [1.54, 1.807) is 7.11 Å². The summed E-state index contributed by atoms with van der Waals surface area (Å²) in [6, 6.07) is 6.14. The number of methoxy groups -OCH3 is 1. The molecule has 0 atom stereocenters. The highest BCUT2D eigenvalue weighted by molar-refractivity contribution is 5.86. The van der Waals surface area contributed by atoms with Crippen LogP contribution in [0, 0.1) is 16.7 Å². The van der Waals surface area contributed by atoms with Gasteiger partial charge in [0.15, 0.2) is 0 Å². The summed E-state index contributed by atoms with van der Waals surface area (Å²) in [5, 5.41) is 8.28. The highest BCUT2D eigenvalue weighted by Crippen LogP contribution is 2.44. The van der Waals surface area contributed by atoms with Crippen LogP contribution in [0.2, 0.25) is 0 Å². The maximum Gasteiger partial charge on any atom is 0.237 e. The van der Waals surface area contributed by atoms with Gasteiger partial charge in [-0.2, -0.15) is 5.26 Å². The third kappa shape index (κ3) is 3.52. The first-order valence-electron chi connectivity index (χ1n) is 8.62. The monoisotopic (exact) mass is 341 g/mol. The summed E-state index contributed by atoms with van der Waals surface area (Å²) in [5.41, 5.74) is 7.89. The van der Waals surface area contributed by atoms with E-state index in [-0.39, 0.29) is 0 Å². The van der Waals surface area contributed by atoms with E-state index in [4.69, 9.17) is 20.5 Å². The molecule has 1 saturated carbocycles. The number of ether oxygens (including phenoxy) is 2. The number of nitrogens with zero attached hydrogens (tertiary/aromatic N) is 2. The Hall–Kier alpha value is -2.39. The van der Waals surface area contributed by atoms with E-state index in [0.717, 1.165) is 43.9 Å². The molecular formula is C19H23N3O3. The van der Waals surface area contributed by atoms with E-state index in [1.165, 1.54) is 11.1 Å². The zero-order valence-electron chi connectivity index (χ0n) is 14.5. The second-order valence-electron chi connectivity index (χ2n) is 6.64. The number of aliphatic imine (C=N–C) groups is 1. The van der Waals surface area contributed by atoms with E-state index >= 15 is 0 Å². The smallest absolute Gasteiger partial charge is 0.237 e. The molecule has 6 nitrogen and oxygen atoms in total. The molecule has 1 aliphatic carbocycles. The molecule has 1 amide bonds. The van der Waals surface area contributed by atoms with Crippen LogP contribution in [-0.4, -0.2) is 32.4 Å². The van der Waals surface area contributed by atoms with Crippen LogP contribution in [0.1, 0.15) is 42.7 Å². The Morgan fingerprint density at radius 3 is 2.64 bits per heavy atom. The van der Waals surface area contributed by atoms with Gasteiger partial charge in [-0.1, -0.05) is 6.07 Å². The molecule has 6 heteroatoms. The quantitative estimate of drug-likeness (QED) is 0.913. The minimum absolute atomic E-state index is 0.472. The van der Waals surface area contributed by atoms with Gasteiger partial charge in [-0.05, 0) is 43.2 Å². The molecular weight excluding hydrogens is 318 g/mol. The normalized spacial score (nSPS) is 20.0. The van der Waals surface area contributed by atoms with E-state index in [1.807, 2.05) is 12.3 Å². The van der Waals surface area contributed by atoms with Gasteiger partial charge in [0.25, 0.3) is 0 Å². The van der Waals surface area contributed by atoms with Crippen molar-refractivity contribution in [3.63, 3.8) is 0 Å². The van der Waals surface area contributed by atoms with Crippen molar-refractivity contribution in [2.24, 2.45) is 16.1 Å². The highest BCUT2D eigenvalue weighted by atomic mass is 16.5. The van der Waals surface area contributed by atoms with Crippen LogP contribution in [-0.2, 0) is 16.0 Å². The molecule has 1 aromatic rings. The van der Waals surface area contributed by atoms with Crippen LogP contribution >= 0.6 is 0 Å². The zero-order chi connectivity index (χ0) is 17.9. The topological polar surface area (TPSA) is 97.7 Å². The fraction of sp³-hybridized carbons (Fsp3) is 0.526. The minimum atomic E-state index is -0.764. The fourth-order valence-corrected chi connectivity index (χ4v) is 3.28. The summed E-state index contributed by atoms with van der Waals surface area (Å²) in [6.07, 6.45) is 6.39. The average molecular weight is 341 g/mol. The lowest BCUT2D eigenvalue weighted by Gasteiger charge is -2.24. The van der Waals surface area contributed by atoms with Crippen LogP contribution in [0.15, 0.2) is 17.1 Å². The number of hydrogen-bond donors (Lipinski definition) is 1. The maximum atomic E-state index is 10.3. The molecule has 3 aliphatic rings. The summed E-state index contributed by atoms with van der Waals surface area (Å²) < 4.78 is 10.8. The maximum absolute atomic E-state index is 10.3. The van der Waals surface area contributed by atoms with Gasteiger partial charge < -0.3 is 15.2 Å². The van der Waals surface area contributed by atoms with E-state index in [0.29, 0.717) is 18.8 Å². The minimum Gasteiger partial charge on any atom is -0.496 e. The van der Waals surface area contributed by atoms with Gasteiger partial charge in [-0.25, -0.2) is 0 Å². The van der Waals surface area contributed by atoms with Crippen molar-refractivity contribution in [2.75, 3.05) is 20.3 Å². The molecule has 1 saturated heterocycles. The first-order valence-corrected chi connectivity index (χ1v) is 8.62. The Labute approximate surface area is 147 Å². The number of primary amides is 1. The molecule has 0 unspecified atom stereocenters. The molecule has 25 heavy (non-hydrogen) atoms. The Morgan fingerprint density at radius 1 is 1.40 bits per heavy atom. The molecule has 2 fully saturated rings. The number of benzene rings is 1. The number of amides is 1. The molecule has 0 spiro atoms. The number of carbonyl (C=O) groups excluding carboxylic acids is 1. The van der Waals surface area contributed by atoms with Crippen molar-refractivity contribution in [1.82, 2.24) is 0 Å². The van der Waals surface area contributed by atoms with Crippen LogP contribution in [0.3, 0.4) is 0 Å². The molecule has 0 radical (unpaired) electrons. The van der Waals surface area contributed by atoms with Crippen molar-refractivity contribution in [2.45, 2.75) is 38.0 Å². The second-order valence-corrected chi connectivity index (χ2v) is 6.64. The number of carbonyl (C=O) groups is 1. The van der Waals surface area contributed by atoms with Gasteiger partial charge in [-0.15, -0.1) is 0 Å². The predicted molar refractivity (Wildman–Crippen MR) is 94.1 cm³/mol. The molecule has 2 heterocycles. The lowest BCUT2D eigenvalue weighted by atomic mass is 9.89. The number of rotatable bonds is 3. The van der Waals surface area contributed by atoms with Crippen molar-refractivity contribution in [3.8, 4) is 11.8 Å². The van der Waals surface area contributed by atoms with Crippen LogP contribution in [0.5, 0.6) is 5.75 Å². The fourth-order valence-electron chi connectivity index (χ4n) is 3.28. The SMILES string of the molecule is COc1ccc(C2CCOCC2)c2c1CC=N2.N#CC1(C(N)=O)CC1.